The molecule has 0 radical (unpaired) electrons. The molecule has 0 amide bonds. The molecule has 0 aliphatic carbocycles. The highest BCUT2D eigenvalue weighted by atomic mass is 16.3. The van der Waals surface area contributed by atoms with Crippen LogP contribution in [0.3, 0.4) is 0 Å². The standard InChI is InChI=1S/C8H17NO2/c1-7(4-6-10)9-5-3-8(2)11/h7,9-10H,3-6H2,1-2H3. The van der Waals surface area contributed by atoms with Gasteiger partial charge in [0.15, 0.2) is 0 Å². The molecular formula is C8H17NO2. The van der Waals surface area contributed by atoms with Gasteiger partial charge in [0.1, 0.15) is 5.78 Å². The Bertz CT molecular complexity index is 115. The van der Waals surface area contributed by atoms with E-state index in [1.54, 1.807) is 6.92 Å². The first kappa shape index (κ1) is 10.6. The third-order valence-electron chi connectivity index (χ3n) is 1.53. The quantitative estimate of drug-likeness (QED) is 0.587. The second-order valence-electron chi connectivity index (χ2n) is 2.82. The molecule has 0 bridgehead atoms. The van der Waals surface area contributed by atoms with Gasteiger partial charge in [-0.05, 0) is 20.3 Å². The highest BCUT2D eigenvalue weighted by Crippen LogP contribution is 1.88. The van der Waals surface area contributed by atoms with Gasteiger partial charge in [0.2, 0.25) is 0 Å². The van der Waals surface area contributed by atoms with E-state index in [0.717, 1.165) is 13.0 Å². The molecule has 0 saturated carbocycles. The lowest BCUT2D eigenvalue weighted by molar-refractivity contribution is -0.116. The third-order valence-corrected chi connectivity index (χ3v) is 1.53. The minimum Gasteiger partial charge on any atom is -0.396 e. The lowest BCUT2D eigenvalue weighted by Crippen LogP contribution is -2.28. The summed E-state index contributed by atoms with van der Waals surface area (Å²) in [6.45, 7) is 4.50. The lowest BCUT2D eigenvalue weighted by Gasteiger charge is -2.10. The number of aliphatic hydroxyl groups excluding tert-OH is 1. The third kappa shape index (κ3) is 7.49. The molecule has 0 aromatic carbocycles. The zero-order valence-corrected chi connectivity index (χ0v) is 7.26. The Hall–Kier alpha value is -0.410. The van der Waals surface area contributed by atoms with Gasteiger partial charge in [0, 0.05) is 25.6 Å². The van der Waals surface area contributed by atoms with Gasteiger partial charge in [0.05, 0.1) is 0 Å². The van der Waals surface area contributed by atoms with Crippen LogP contribution in [0.2, 0.25) is 0 Å². The van der Waals surface area contributed by atoms with Gasteiger partial charge in [0.25, 0.3) is 0 Å². The van der Waals surface area contributed by atoms with E-state index in [-0.39, 0.29) is 12.4 Å². The van der Waals surface area contributed by atoms with Gasteiger partial charge < -0.3 is 10.4 Å². The Balaban J connectivity index is 3.16. The van der Waals surface area contributed by atoms with Crippen LogP contribution in [-0.2, 0) is 4.79 Å². The fourth-order valence-corrected chi connectivity index (χ4v) is 0.790. The maximum Gasteiger partial charge on any atom is 0.131 e. The molecule has 0 aliphatic rings. The number of hydrogen-bond donors (Lipinski definition) is 2. The molecule has 1 unspecified atom stereocenters. The topological polar surface area (TPSA) is 49.3 Å². The van der Waals surface area contributed by atoms with Gasteiger partial charge in [-0.15, -0.1) is 0 Å². The molecule has 0 aromatic heterocycles. The Morgan fingerprint density at radius 1 is 1.64 bits per heavy atom. The minimum atomic E-state index is 0.202. The zero-order chi connectivity index (χ0) is 8.69. The molecule has 3 heteroatoms. The van der Waals surface area contributed by atoms with Crippen LogP contribution < -0.4 is 5.32 Å². The summed E-state index contributed by atoms with van der Waals surface area (Å²) >= 11 is 0. The molecule has 0 spiro atoms. The van der Waals surface area contributed by atoms with E-state index in [2.05, 4.69) is 5.32 Å². The van der Waals surface area contributed by atoms with Crippen LogP contribution in [0, 0.1) is 0 Å². The van der Waals surface area contributed by atoms with E-state index in [9.17, 15) is 4.79 Å². The molecule has 0 rings (SSSR count). The van der Waals surface area contributed by atoms with Crippen LogP contribution in [0.15, 0.2) is 0 Å². The van der Waals surface area contributed by atoms with Gasteiger partial charge in [-0.3, -0.25) is 4.79 Å². The molecule has 11 heavy (non-hydrogen) atoms. The number of Topliss-reactive ketones (excluding diaryl/α,β-unsaturated/α-hetero) is 1. The number of ketones is 1. The number of hydrogen-bond acceptors (Lipinski definition) is 3. The van der Waals surface area contributed by atoms with Crippen LogP contribution in [0.5, 0.6) is 0 Å². The number of aliphatic hydroxyl groups is 1. The van der Waals surface area contributed by atoms with Crippen LogP contribution in [0.4, 0.5) is 0 Å². The van der Waals surface area contributed by atoms with Gasteiger partial charge in [-0.25, -0.2) is 0 Å². The molecule has 0 fully saturated rings. The second kappa shape index (κ2) is 6.31. The summed E-state index contributed by atoms with van der Waals surface area (Å²) in [5.41, 5.74) is 0. The molecule has 2 N–H and O–H groups in total. The highest BCUT2D eigenvalue weighted by Gasteiger charge is 1.99. The summed E-state index contributed by atoms with van der Waals surface area (Å²) < 4.78 is 0. The Morgan fingerprint density at radius 2 is 2.27 bits per heavy atom. The molecule has 0 heterocycles. The summed E-state index contributed by atoms with van der Waals surface area (Å²) in [6, 6.07) is 0.305. The summed E-state index contributed by atoms with van der Waals surface area (Å²) in [6.07, 6.45) is 1.33. The number of nitrogens with one attached hydrogen (secondary N) is 1. The first-order chi connectivity index (χ1) is 5.16. The average molecular weight is 159 g/mol. The van der Waals surface area contributed by atoms with Crippen molar-refractivity contribution < 1.29 is 9.90 Å². The second-order valence-corrected chi connectivity index (χ2v) is 2.82. The molecule has 0 aromatic rings. The maximum absolute atomic E-state index is 10.5. The monoisotopic (exact) mass is 159 g/mol. The van der Waals surface area contributed by atoms with Crippen molar-refractivity contribution >= 4 is 5.78 Å². The molecule has 1 atom stereocenters. The molecular weight excluding hydrogens is 142 g/mol. The first-order valence-corrected chi connectivity index (χ1v) is 4.00. The average Bonchev–Trinajstić information content (AvgIpc) is 1.87. The van der Waals surface area contributed by atoms with Gasteiger partial charge in [-0.2, -0.15) is 0 Å². The Kier molecular flexibility index (Phi) is 6.07. The first-order valence-electron chi connectivity index (χ1n) is 4.00. The van der Waals surface area contributed by atoms with Crippen LogP contribution in [-0.4, -0.2) is 30.1 Å². The summed E-state index contributed by atoms with van der Waals surface area (Å²) in [7, 11) is 0. The molecule has 0 saturated heterocycles. The summed E-state index contributed by atoms with van der Waals surface area (Å²) in [5.74, 6) is 0.202. The number of carbonyl (C=O) groups excluding carboxylic acids is 1. The lowest BCUT2D eigenvalue weighted by atomic mass is 10.2. The molecule has 3 nitrogen and oxygen atoms in total. The summed E-state index contributed by atoms with van der Waals surface area (Å²) in [5, 5.41) is 11.7. The fraction of sp³-hybridized carbons (Fsp3) is 0.875. The number of rotatable bonds is 6. The van der Waals surface area contributed by atoms with Crippen LogP contribution in [0.25, 0.3) is 0 Å². The zero-order valence-electron chi connectivity index (χ0n) is 7.26. The van der Waals surface area contributed by atoms with Gasteiger partial charge >= 0.3 is 0 Å². The highest BCUT2D eigenvalue weighted by molar-refractivity contribution is 5.75. The fourth-order valence-electron chi connectivity index (χ4n) is 0.790. The van der Waals surface area contributed by atoms with Crippen molar-refractivity contribution in [1.29, 1.82) is 0 Å². The van der Waals surface area contributed by atoms with Crippen LogP contribution >= 0.6 is 0 Å². The van der Waals surface area contributed by atoms with Crippen molar-refractivity contribution in [1.82, 2.24) is 5.32 Å². The van der Waals surface area contributed by atoms with Crippen molar-refractivity contribution in [2.45, 2.75) is 32.7 Å². The van der Waals surface area contributed by atoms with Crippen molar-refractivity contribution in [3.63, 3.8) is 0 Å². The van der Waals surface area contributed by atoms with Crippen molar-refractivity contribution in [2.75, 3.05) is 13.2 Å². The molecule has 66 valence electrons. The maximum atomic E-state index is 10.5. The van der Waals surface area contributed by atoms with Gasteiger partial charge in [-0.1, -0.05) is 0 Å². The normalized spacial score (nSPS) is 13.0. The predicted octanol–water partition coefficient (Wildman–Crippen LogP) is 0.326. The van der Waals surface area contributed by atoms with E-state index < -0.39 is 0 Å². The minimum absolute atomic E-state index is 0.202. The van der Waals surface area contributed by atoms with E-state index in [0.29, 0.717) is 12.5 Å². The SMILES string of the molecule is CC(=O)CCNC(C)CCO. The van der Waals surface area contributed by atoms with E-state index >= 15 is 0 Å². The van der Waals surface area contributed by atoms with E-state index in [1.807, 2.05) is 6.92 Å². The summed E-state index contributed by atoms with van der Waals surface area (Å²) in [4.78, 5) is 10.5. The van der Waals surface area contributed by atoms with Crippen LogP contribution in [0.1, 0.15) is 26.7 Å². The van der Waals surface area contributed by atoms with E-state index in [4.69, 9.17) is 5.11 Å². The molecule has 0 aliphatic heterocycles. The predicted molar refractivity (Wildman–Crippen MR) is 44.5 cm³/mol. The van der Waals surface area contributed by atoms with Crippen molar-refractivity contribution in [3.05, 3.63) is 0 Å². The van der Waals surface area contributed by atoms with Crippen molar-refractivity contribution in [3.8, 4) is 0 Å². The number of carbonyl (C=O) groups is 1. The Labute approximate surface area is 67.8 Å². The Morgan fingerprint density at radius 3 is 2.73 bits per heavy atom. The van der Waals surface area contributed by atoms with E-state index in [1.165, 1.54) is 0 Å². The smallest absolute Gasteiger partial charge is 0.131 e. The van der Waals surface area contributed by atoms with Crippen molar-refractivity contribution in [2.24, 2.45) is 0 Å². The largest absolute Gasteiger partial charge is 0.396 e.